The Morgan fingerprint density at radius 1 is 0.769 bits per heavy atom. The highest BCUT2D eigenvalue weighted by molar-refractivity contribution is 6.12. The monoisotopic (exact) mass is 336 g/mol. The molecule has 26 heavy (non-hydrogen) atoms. The van der Waals surface area contributed by atoms with Crippen LogP contribution < -0.4 is 0 Å². The lowest BCUT2D eigenvalue weighted by atomic mass is 9.95. The first-order valence-corrected chi connectivity index (χ1v) is 8.83. The van der Waals surface area contributed by atoms with Gasteiger partial charge in [0.15, 0.2) is 5.78 Å². The Morgan fingerprint density at radius 3 is 2.04 bits per heavy atom. The minimum absolute atomic E-state index is 0.0446. The molecule has 0 saturated carbocycles. The standard InChI is InChI=1S/C25H20O/c1-17-11-12-18(2)24(15-17)25(26)14-13-23-21-9-5-3-7-19(21)16-20-8-4-6-10-22(20)23/h3-16H,1-2H3/b14-13+. The normalized spacial score (nSPS) is 11.5. The van der Waals surface area contributed by atoms with E-state index in [1.54, 1.807) is 6.08 Å². The summed E-state index contributed by atoms with van der Waals surface area (Å²) in [6.07, 6.45) is 3.67. The molecular formula is C25H20O. The molecule has 0 fully saturated rings. The highest BCUT2D eigenvalue weighted by Crippen LogP contribution is 2.29. The van der Waals surface area contributed by atoms with Gasteiger partial charge >= 0.3 is 0 Å². The van der Waals surface area contributed by atoms with E-state index in [9.17, 15) is 4.79 Å². The number of ketones is 1. The van der Waals surface area contributed by atoms with E-state index < -0.39 is 0 Å². The van der Waals surface area contributed by atoms with Crippen molar-refractivity contribution in [2.45, 2.75) is 13.8 Å². The van der Waals surface area contributed by atoms with Crippen LogP contribution in [0.2, 0.25) is 0 Å². The van der Waals surface area contributed by atoms with E-state index in [0.29, 0.717) is 0 Å². The Balaban J connectivity index is 1.86. The highest BCUT2D eigenvalue weighted by Gasteiger charge is 2.08. The first kappa shape index (κ1) is 16.3. The Morgan fingerprint density at radius 2 is 1.38 bits per heavy atom. The quantitative estimate of drug-likeness (QED) is 0.237. The zero-order valence-corrected chi connectivity index (χ0v) is 15.0. The fourth-order valence-electron chi connectivity index (χ4n) is 3.48. The van der Waals surface area contributed by atoms with Gasteiger partial charge in [-0.1, -0.05) is 66.2 Å². The summed E-state index contributed by atoms with van der Waals surface area (Å²) in [7, 11) is 0. The Kier molecular flexibility index (Phi) is 4.14. The van der Waals surface area contributed by atoms with Crippen LogP contribution in [0, 0.1) is 13.8 Å². The van der Waals surface area contributed by atoms with Crippen molar-refractivity contribution in [2.75, 3.05) is 0 Å². The second-order valence-electron chi connectivity index (χ2n) is 6.75. The number of hydrogen-bond donors (Lipinski definition) is 0. The van der Waals surface area contributed by atoms with Gasteiger partial charge in [0.2, 0.25) is 0 Å². The molecule has 0 aliphatic heterocycles. The summed E-state index contributed by atoms with van der Waals surface area (Å²) in [4.78, 5) is 12.8. The van der Waals surface area contributed by atoms with Crippen LogP contribution in [-0.4, -0.2) is 5.78 Å². The van der Waals surface area contributed by atoms with Gasteiger partial charge in [0.25, 0.3) is 0 Å². The van der Waals surface area contributed by atoms with E-state index in [1.807, 2.05) is 62.4 Å². The van der Waals surface area contributed by atoms with E-state index in [4.69, 9.17) is 0 Å². The molecular weight excluding hydrogens is 316 g/mol. The lowest BCUT2D eigenvalue weighted by molar-refractivity contribution is 0.104. The van der Waals surface area contributed by atoms with Crippen LogP contribution in [0.4, 0.5) is 0 Å². The van der Waals surface area contributed by atoms with Crippen molar-refractivity contribution in [3.8, 4) is 0 Å². The van der Waals surface area contributed by atoms with E-state index in [0.717, 1.165) is 33.0 Å². The van der Waals surface area contributed by atoms with Crippen molar-refractivity contribution in [1.82, 2.24) is 0 Å². The lowest BCUT2D eigenvalue weighted by Gasteiger charge is -2.08. The van der Waals surface area contributed by atoms with Crippen LogP contribution in [0.1, 0.15) is 27.0 Å². The molecule has 1 heteroatoms. The maximum atomic E-state index is 12.8. The van der Waals surface area contributed by atoms with Gasteiger partial charge in [-0.05, 0) is 70.8 Å². The maximum absolute atomic E-state index is 12.8. The molecule has 0 amide bonds. The topological polar surface area (TPSA) is 17.1 Å². The van der Waals surface area contributed by atoms with E-state index >= 15 is 0 Å². The molecule has 1 nitrogen and oxygen atoms in total. The van der Waals surface area contributed by atoms with Crippen LogP contribution in [0.15, 0.2) is 78.9 Å². The second kappa shape index (κ2) is 6.61. The molecule has 0 aliphatic carbocycles. The van der Waals surface area contributed by atoms with Gasteiger partial charge in [-0.25, -0.2) is 0 Å². The van der Waals surface area contributed by atoms with Crippen molar-refractivity contribution in [1.29, 1.82) is 0 Å². The summed E-state index contributed by atoms with van der Waals surface area (Å²) in [6, 6.07) is 24.8. The average molecular weight is 336 g/mol. The third-order valence-electron chi connectivity index (χ3n) is 4.87. The Labute approximate surface area is 153 Å². The van der Waals surface area contributed by atoms with Gasteiger partial charge < -0.3 is 0 Å². The van der Waals surface area contributed by atoms with Crippen LogP contribution in [0.5, 0.6) is 0 Å². The van der Waals surface area contributed by atoms with Gasteiger partial charge in [0, 0.05) is 5.56 Å². The molecule has 0 unspecified atom stereocenters. The molecule has 0 bridgehead atoms. The van der Waals surface area contributed by atoms with E-state index in [2.05, 4.69) is 30.3 Å². The van der Waals surface area contributed by atoms with Gasteiger partial charge in [-0.15, -0.1) is 0 Å². The molecule has 0 spiro atoms. The highest BCUT2D eigenvalue weighted by atomic mass is 16.1. The Bertz CT molecular complexity index is 1110. The molecule has 4 aromatic carbocycles. The summed E-state index contributed by atoms with van der Waals surface area (Å²) >= 11 is 0. The number of allylic oxidation sites excluding steroid dienone is 1. The summed E-state index contributed by atoms with van der Waals surface area (Å²) in [6.45, 7) is 3.99. The van der Waals surface area contributed by atoms with Gasteiger partial charge in [0.1, 0.15) is 0 Å². The molecule has 4 aromatic rings. The van der Waals surface area contributed by atoms with Gasteiger partial charge in [-0.3, -0.25) is 4.79 Å². The fourth-order valence-corrected chi connectivity index (χ4v) is 3.48. The minimum atomic E-state index is 0.0446. The van der Waals surface area contributed by atoms with Crippen LogP contribution >= 0.6 is 0 Å². The van der Waals surface area contributed by atoms with Crippen molar-refractivity contribution < 1.29 is 4.79 Å². The number of benzene rings is 4. The van der Waals surface area contributed by atoms with Crippen molar-refractivity contribution >= 4 is 33.4 Å². The predicted molar refractivity (Wildman–Crippen MR) is 111 cm³/mol. The number of hydrogen-bond acceptors (Lipinski definition) is 1. The number of carbonyl (C=O) groups excluding carboxylic acids is 1. The second-order valence-corrected chi connectivity index (χ2v) is 6.75. The SMILES string of the molecule is Cc1ccc(C)c(C(=O)/C=C/c2c3ccccc3cc3ccccc23)c1. The first-order chi connectivity index (χ1) is 12.6. The van der Waals surface area contributed by atoms with E-state index in [1.165, 1.54) is 10.8 Å². The van der Waals surface area contributed by atoms with Crippen molar-refractivity contribution in [3.63, 3.8) is 0 Å². The number of aryl methyl sites for hydroxylation is 2. The lowest BCUT2D eigenvalue weighted by Crippen LogP contribution is -1.98. The van der Waals surface area contributed by atoms with Crippen LogP contribution in [-0.2, 0) is 0 Å². The summed E-state index contributed by atoms with van der Waals surface area (Å²) < 4.78 is 0. The minimum Gasteiger partial charge on any atom is -0.289 e. The molecule has 0 radical (unpaired) electrons. The third-order valence-corrected chi connectivity index (χ3v) is 4.87. The van der Waals surface area contributed by atoms with Crippen molar-refractivity contribution in [2.24, 2.45) is 0 Å². The van der Waals surface area contributed by atoms with Gasteiger partial charge in [-0.2, -0.15) is 0 Å². The molecule has 4 rings (SSSR count). The predicted octanol–water partition coefficient (Wildman–Crippen LogP) is 6.51. The number of carbonyl (C=O) groups is 1. The molecule has 0 aromatic heterocycles. The molecule has 0 saturated heterocycles. The smallest absolute Gasteiger partial charge is 0.186 e. The van der Waals surface area contributed by atoms with Gasteiger partial charge in [0.05, 0.1) is 0 Å². The third kappa shape index (κ3) is 2.93. The summed E-state index contributed by atoms with van der Waals surface area (Å²) in [5.41, 5.74) is 3.97. The zero-order valence-electron chi connectivity index (χ0n) is 15.0. The zero-order chi connectivity index (χ0) is 18.1. The number of fused-ring (bicyclic) bond motifs is 2. The Hall–Kier alpha value is -3.19. The largest absolute Gasteiger partial charge is 0.289 e. The molecule has 0 N–H and O–H groups in total. The first-order valence-electron chi connectivity index (χ1n) is 8.83. The van der Waals surface area contributed by atoms with Crippen molar-refractivity contribution in [3.05, 3.63) is 101 Å². The van der Waals surface area contributed by atoms with E-state index in [-0.39, 0.29) is 5.78 Å². The molecule has 0 aliphatic rings. The molecule has 0 atom stereocenters. The fraction of sp³-hybridized carbons (Fsp3) is 0.0800. The average Bonchev–Trinajstić information content (AvgIpc) is 2.66. The number of rotatable bonds is 3. The van der Waals surface area contributed by atoms with Crippen LogP contribution in [0.3, 0.4) is 0 Å². The summed E-state index contributed by atoms with van der Waals surface area (Å²) in [5, 5.41) is 4.70. The molecule has 126 valence electrons. The summed E-state index contributed by atoms with van der Waals surface area (Å²) in [5.74, 6) is 0.0446. The maximum Gasteiger partial charge on any atom is 0.186 e. The molecule has 0 heterocycles. The van der Waals surface area contributed by atoms with Crippen LogP contribution in [0.25, 0.3) is 27.6 Å².